The van der Waals surface area contributed by atoms with Gasteiger partial charge in [-0.2, -0.15) is 5.10 Å². The van der Waals surface area contributed by atoms with Gasteiger partial charge in [0.15, 0.2) is 0 Å². The summed E-state index contributed by atoms with van der Waals surface area (Å²) in [5, 5.41) is 15.6. The van der Waals surface area contributed by atoms with Gasteiger partial charge in [-0.05, 0) is 49.7 Å². The Balaban J connectivity index is 1.71. The molecular weight excluding hydrogens is 442 g/mol. The van der Waals surface area contributed by atoms with Crippen molar-refractivity contribution in [1.29, 1.82) is 0 Å². The largest absolute Gasteiger partial charge is 0.468 e. The summed E-state index contributed by atoms with van der Waals surface area (Å²) in [6.45, 7) is 6.35. The predicted octanol–water partition coefficient (Wildman–Crippen LogP) is 5.22. The number of benzene rings is 2. The minimum absolute atomic E-state index is 0.280. The molecule has 7 nitrogen and oxygen atoms in total. The molecule has 2 aromatic carbocycles. The first kappa shape index (κ1) is 24.7. The Bertz CT molecular complexity index is 1140. The summed E-state index contributed by atoms with van der Waals surface area (Å²) in [5.41, 5.74) is 2.85. The van der Waals surface area contributed by atoms with E-state index in [0.717, 1.165) is 34.9 Å². The van der Waals surface area contributed by atoms with E-state index < -0.39 is 6.10 Å². The topological polar surface area (TPSA) is 72.9 Å². The number of ether oxygens (including phenoxy) is 2. The molecule has 0 bridgehead atoms. The number of para-hydroxylation sites is 2. The van der Waals surface area contributed by atoms with Crippen molar-refractivity contribution in [1.82, 2.24) is 14.7 Å². The zero-order chi connectivity index (χ0) is 24.5. The molecule has 0 saturated heterocycles. The third kappa shape index (κ3) is 6.60. The predicted molar refractivity (Wildman–Crippen MR) is 135 cm³/mol. The molecule has 2 aromatic heterocycles. The second-order valence-corrected chi connectivity index (χ2v) is 8.31. The van der Waals surface area contributed by atoms with Gasteiger partial charge in [0, 0.05) is 19.7 Å². The van der Waals surface area contributed by atoms with Crippen molar-refractivity contribution < 1.29 is 19.0 Å². The molecule has 0 aliphatic rings. The molecule has 0 fully saturated rings. The minimum atomic E-state index is -0.627. The van der Waals surface area contributed by atoms with Gasteiger partial charge >= 0.3 is 0 Å². The number of furan rings is 1. The summed E-state index contributed by atoms with van der Waals surface area (Å²) in [6, 6.07) is 23.5. The molecule has 0 unspecified atom stereocenters. The SMILES string of the molecule is CCOC[C@@H](O)CN(Cc1ccco1)Cc1c(CC)nn(-c2ccccc2)c1Oc1ccccc1. The number of rotatable bonds is 13. The molecule has 0 saturated carbocycles. The molecular formula is C28H33N3O4. The summed E-state index contributed by atoms with van der Waals surface area (Å²) in [5.74, 6) is 2.23. The standard InChI is InChI=1S/C28H33N3O4/c1-3-27-26(20-30(18-23(32)21-33-4-2)19-25-16-11-17-34-25)28(35-24-14-9-6-10-15-24)31(29-27)22-12-7-5-8-13-22/h5-17,23,32H,3-4,18-21H2,1-2H3/t23-/m0/s1. The molecule has 4 aromatic rings. The van der Waals surface area contributed by atoms with Crippen LogP contribution in [0.25, 0.3) is 5.69 Å². The van der Waals surface area contributed by atoms with Crippen LogP contribution >= 0.6 is 0 Å². The Morgan fingerprint density at radius 3 is 2.37 bits per heavy atom. The Labute approximate surface area is 206 Å². The van der Waals surface area contributed by atoms with Gasteiger partial charge in [-0.15, -0.1) is 0 Å². The lowest BCUT2D eigenvalue weighted by Gasteiger charge is -2.24. The van der Waals surface area contributed by atoms with Gasteiger partial charge in [0.2, 0.25) is 5.88 Å². The highest BCUT2D eigenvalue weighted by molar-refractivity contribution is 5.43. The van der Waals surface area contributed by atoms with Gasteiger partial charge in [-0.1, -0.05) is 43.3 Å². The third-order valence-electron chi connectivity index (χ3n) is 5.64. The first-order chi connectivity index (χ1) is 17.2. The zero-order valence-electron chi connectivity index (χ0n) is 20.3. The Hall–Kier alpha value is -3.39. The first-order valence-corrected chi connectivity index (χ1v) is 12.1. The maximum atomic E-state index is 10.6. The normalized spacial score (nSPS) is 12.2. The van der Waals surface area contributed by atoms with Crippen LogP contribution in [0.4, 0.5) is 0 Å². The van der Waals surface area contributed by atoms with E-state index in [1.807, 2.05) is 84.4 Å². The van der Waals surface area contributed by atoms with E-state index in [1.165, 1.54) is 0 Å². The lowest BCUT2D eigenvalue weighted by molar-refractivity contribution is 0.0166. The highest BCUT2D eigenvalue weighted by Crippen LogP contribution is 2.32. The van der Waals surface area contributed by atoms with E-state index in [4.69, 9.17) is 19.0 Å². The van der Waals surface area contributed by atoms with Crippen LogP contribution in [0.1, 0.15) is 30.9 Å². The van der Waals surface area contributed by atoms with Crippen LogP contribution in [0, 0.1) is 0 Å². The molecule has 1 atom stereocenters. The molecule has 184 valence electrons. The second-order valence-electron chi connectivity index (χ2n) is 8.31. The molecule has 0 aliphatic heterocycles. The molecule has 7 heteroatoms. The van der Waals surface area contributed by atoms with Gasteiger partial charge < -0.3 is 19.0 Å². The van der Waals surface area contributed by atoms with Gasteiger partial charge in [-0.25, -0.2) is 4.68 Å². The monoisotopic (exact) mass is 475 g/mol. The van der Waals surface area contributed by atoms with E-state index in [1.54, 1.807) is 6.26 Å². The Morgan fingerprint density at radius 2 is 1.71 bits per heavy atom. The lowest BCUT2D eigenvalue weighted by Crippen LogP contribution is -2.34. The smallest absolute Gasteiger partial charge is 0.227 e. The third-order valence-corrected chi connectivity index (χ3v) is 5.64. The maximum Gasteiger partial charge on any atom is 0.227 e. The fourth-order valence-corrected chi connectivity index (χ4v) is 4.01. The molecule has 0 radical (unpaired) electrons. The molecule has 2 heterocycles. The fourth-order valence-electron chi connectivity index (χ4n) is 4.01. The number of nitrogens with zero attached hydrogens (tertiary/aromatic N) is 3. The maximum absolute atomic E-state index is 10.6. The molecule has 0 aliphatic carbocycles. The first-order valence-electron chi connectivity index (χ1n) is 12.1. The van der Waals surface area contributed by atoms with Crippen molar-refractivity contribution in [3.8, 4) is 17.3 Å². The van der Waals surface area contributed by atoms with Crippen molar-refractivity contribution in [3.63, 3.8) is 0 Å². The second kappa shape index (κ2) is 12.4. The van der Waals surface area contributed by atoms with Gasteiger partial charge in [0.05, 0.1) is 42.5 Å². The number of aliphatic hydroxyl groups is 1. The quantitative estimate of drug-likeness (QED) is 0.286. The average Bonchev–Trinajstić information content (AvgIpc) is 3.52. The summed E-state index contributed by atoms with van der Waals surface area (Å²) in [7, 11) is 0. The van der Waals surface area contributed by atoms with Gasteiger partial charge in [0.25, 0.3) is 0 Å². The minimum Gasteiger partial charge on any atom is -0.468 e. The van der Waals surface area contributed by atoms with Crippen LogP contribution in [-0.4, -0.2) is 45.6 Å². The fraction of sp³-hybridized carbons (Fsp3) is 0.321. The molecule has 35 heavy (non-hydrogen) atoms. The van der Waals surface area contributed by atoms with Crippen molar-refractivity contribution in [2.45, 2.75) is 39.5 Å². The highest BCUT2D eigenvalue weighted by Gasteiger charge is 2.24. The van der Waals surface area contributed by atoms with E-state index in [0.29, 0.717) is 32.1 Å². The average molecular weight is 476 g/mol. The van der Waals surface area contributed by atoms with Gasteiger partial charge in [-0.3, -0.25) is 4.90 Å². The summed E-state index contributed by atoms with van der Waals surface area (Å²) < 4.78 is 19.4. The van der Waals surface area contributed by atoms with Crippen molar-refractivity contribution in [2.75, 3.05) is 19.8 Å². The summed E-state index contributed by atoms with van der Waals surface area (Å²) in [4.78, 5) is 2.14. The van der Waals surface area contributed by atoms with Gasteiger partial charge in [0.1, 0.15) is 11.5 Å². The molecule has 0 amide bonds. The van der Waals surface area contributed by atoms with E-state index in [2.05, 4.69) is 11.8 Å². The Kier molecular flexibility index (Phi) is 8.73. The number of aryl methyl sites for hydroxylation is 1. The van der Waals surface area contributed by atoms with Crippen molar-refractivity contribution >= 4 is 0 Å². The molecule has 0 spiro atoms. The summed E-state index contributed by atoms with van der Waals surface area (Å²) >= 11 is 0. The number of hydrogen-bond donors (Lipinski definition) is 1. The molecule has 1 N–H and O–H groups in total. The number of aromatic nitrogens is 2. The van der Waals surface area contributed by atoms with Crippen molar-refractivity contribution in [3.05, 3.63) is 96.1 Å². The van der Waals surface area contributed by atoms with Crippen LogP contribution in [-0.2, 0) is 24.2 Å². The summed E-state index contributed by atoms with van der Waals surface area (Å²) in [6.07, 6.45) is 1.78. The van der Waals surface area contributed by atoms with Crippen LogP contribution in [0.15, 0.2) is 83.5 Å². The van der Waals surface area contributed by atoms with Crippen molar-refractivity contribution in [2.24, 2.45) is 0 Å². The number of aliphatic hydroxyl groups excluding tert-OH is 1. The van der Waals surface area contributed by atoms with E-state index in [9.17, 15) is 5.11 Å². The lowest BCUT2D eigenvalue weighted by atomic mass is 10.1. The van der Waals surface area contributed by atoms with Crippen LogP contribution < -0.4 is 4.74 Å². The van der Waals surface area contributed by atoms with E-state index in [-0.39, 0.29) is 6.61 Å². The molecule has 4 rings (SSSR count). The Morgan fingerprint density at radius 1 is 0.971 bits per heavy atom. The van der Waals surface area contributed by atoms with Crippen LogP contribution in [0.2, 0.25) is 0 Å². The highest BCUT2D eigenvalue weighted by atomic mass is 16.5. The van der Waals surface area contributed by atoms with E-state index >= 15 is 0 Å². The van der Waals surface area contributed by atoms with Crippen LogP contribution in [0.5, 0.6) is 11.6 Å². The number of hydrogen-bond acceptors (Lipinski definition) is 6. The zero-order valence-corrected chi connectivity index (χ0v) is 20.3. The van der Waals surface area contributed by atoms with Crippen LogP contribution in [0.3, 0.4) is 0 Å².